The minimum absolute atomic E-state index is 0.0206. The van der Waals surface area contributed by atoms with E-state index >= 15 is 0 Å². The lowest BCUT2D eigenvalue weighted by atomic mass is 10.1. The second-order valence-electron chi connectivity index (χ2n) is 6.12. The van der Waals surface area contributed by atoms with Crippen LogP contribution in [0.1, 0.15) is 24.1 Å². The maximum absolute atomic E-state index is 12.8. The smallest absolute Gasteiger partial charge is 0.342 e. The molecule has 1 fully saturated rings. The number of nitrogens with zero attached hydrogens (tertiary/aromatic N) is 2. The van der Waals surface area contributed by atoms with Gasteiger partial charge < -0.3 is 10.6 Å². The molecule has 0 saturated carbocycles. The SMILES string of the molecule is NC1CCN(C(=O)Cc2csc(-c3cccc(C(F)(F)F)c3)n2)CC1. The highest BCUT2D eigenvalue weighted by atomic mass is 32.1. The van der Waals surface area contributed by atoms with Gasteiger partial charge in [-0.2, -0.15) is 13.2 Å². The molecule has 0 unspecified atom stereocenters. The van der Waals surface area contributed by atoms with E-state index in [1.54, 1.807) is 16.3 Å². The molecule has 4 nitrogen and oxygen atoms in total. The van der Waals surface area contributed by atoms with Gasteiger partial charge in [-0.15, -0.1) is 11.3 Å². The molecule has 2 aromatic rings. The number of likely N-dealkylation sites (tertiary alicyclic amines) is 1. The molecule has 3 rings (SSSR count). The number of nitrogens with two attached hydrogens (primary N) is 1. The molecule has 0 bridgehead atoms. The molecule has 1 aromatic carbocycles. The molecular formula is C17H18F3N3OS. The first-order valence-corrected chi connectivity index (χ1v) is 8.86. The van der Waals surface area contributed by atoms with Gasteiger partial charge >= 0.3 is 6.18 Å². The molecule has 1 aliphatic heterocycles. The molecule has 2 heterocycles. The molecule has 1 aromatic heterocycles. The van der Waals surface area contributed by atoms with Crippen molar-refractivity contribution in [2.45, 2.75) is 31.5 Å². The molecule has 0 atom stereocenters. The summed E-state index contributed by atoms with van der Waals surface area (Å²) in [6.07, 6.45) is -2.65. The van der Waals surface area contributed by atoms with Crippen molar-refractivity contribution in [3.05, 3.63) is 40.9 Å². The van der Waals surface area contributed by atoms with Crippen molar-refractivity contribution in [1.82, 2.24) is 9.88 Å². The maximum Gasteiger partial charge on any atom is 0.416 e. The van der Waals surface area contributed by atoms with Crippen molar-refractivity contribution in [1.29, 1.82) is 0 Å². The Hall–Kier alpha value is -1.93. The Morgan fingerprint density at radius 2 is 2.04 bits per heavy atom. The summed E-state index contributed by atoms with van der Waals surface area (Å²) in [6, 6.07) is 5.21. The molecule has 8 heteroatoms. The van der Waals surface area contributed by atoms with E-state index < -0.39 is 11.7 Å². The predicted molar refractivity (Wildman–Crippen MR) is 90.0 cm³/mol. The van der Waals surface area contributed by atoms with E-state index in [0.29, 0.717) is 29.4 Å². The number of halogens is 3. The van der Waals surface area contributed by atoms with Crippen LogP contribution in [-0.4, -0.2) is 34.9 Å². The number of rotatable bonds is 3. The topological polar surface area (TPSA) is 59.2 Å². The number of hydrogen-bond acceptors (Lipinski definition) is 4. The third-order valence-corrected chi connectivity index (χ3v) is 5.15. The Kier molecular flexibility index (Phi) is 5.10. The molecule has 0 aliphatic carbocycles. The van der Waals surface area contributed by atoms with Gasteiger partial charge in [0.15, 0.2) is 0 Å². The fourth-order valence-electron chi connectivity index (χ4n) is 2.76. The average Bonchev–Trinajstić information content (AvgIpc) is 3.03. The molecule has 1 aliphatic rings. The number of carbonyl (C=O) groups excluding carboxylic acids is 1. The highest BCUT2D eigenvalue weighted by molar-refractivity contribution is 7.13. The third kappa shape index (κ3) is 4.38. The maximum atomic E-state index is 12.8. The number of alkyl halides is 3. The van der Waals surface area contributed by atoms with Gasteiger partial charge in [-0.1, -0.05) is 12.1 Å². The first-order valence-electron chi connectivity index (χ1n) is 7.98. The van der Waals surface area contributed by atoms with E-state index in [0.717, 1.165) is 25.0 Å². The van der Waals surface area contributed by atoms with Crippen LogP contribution in [0.4, 0.5) is 13.2 Å². The summed E-state index contributed by atoms with van der Waals surface area (Å²) >= 11 is 1.24. The third-order valence-electron chi connectivity index (χ3n) is 4.21. The van der Waals surface area contributed by atoms with Gasteiger partial charge in [0.2, 0.25) is 5.91 Å². The Balaban J connectivity index is 1.69. The van der Waals surface area contributed by atoms with Gasteiger partial charge in [0.1, 0.15) is 5.01 Å². The van der Waals surface area contributed by atoms with Crippen molar-refractivity contribution >= 4 is 17.2 Å². The number of hydrogen-bond donors (Lipinski definition) is 1. The largest absolute Gasteiger partial charge is 0.416 e. The molecule has 134 valence electrons. The first-order chi connectivity index (χ1) is 11.8. The van der Waals surface area contributed by atoms with Crippen LogP contribution < -0.4 is 5.73 Å². The van der Waals surface area contributed by atoms with Crippen molar-refractivity contribution in [2.24, 2.45) is 5.73 Å². The predicted octanol–water partition coefficient (Wildman–Crippen LogP) is 3.32. The highest BCUT2D eigenvalue weighted by Gasteiger charge is 2.30. The zero-order chi connectivity index (χ0) is 18.0. The highest BCUT2D eigenvalue weighted by Crippen LogP contribution is 2.33. The Labute approximate surface area is 147 Å². The summed E-state index contributed by atoms with van der Waals surface area (Å²) < 4.78 is 38.5. The Morgan fingerprint density at radius 1 is 1.32 bits per heavy atom. The van der Waals surface area contributed by atoms with Crippen molar-refractivity contribution in [3.8, 4) is 10.6 Å². The van der Waals surface area contributed by atoms with Crippen molar-refractivity contribution in [3.63, 3.8) is 0 Å². The summed E-state index contributed by atoms with van der Waals surface area (Å²) in [4.78, 5) is 18.4. The van der Waals surface area contributed by atoms with E-state index in [1.807, 2.05) is 0 Å². The van der Waals surface area contributed by atoms with Crippen molar-refractivity contribution in [2.75, 3.05) is 13.1 Å². The summed E-state index contributed by atoms with van der Waals surface area (Å²) in [5, 5.41) is 2.21. The molecular weight excluding hydrogens is 351 g/mol. The van der Waals surface area contributed by atoms with E-state index in [1.165, 1.54) is 17.4 Å². The lowest BCUT2D eigenvalue weighted by Gasteiger charge is -2.30. The van der Waals surface area contributed by atoms with Crippen LogP contribution in [0.3, 0.4) is 0 Å². The lowest BCUT2D eigenvalue weighted by molar-refractivity contribution is -0.137. The van der Waals surface area contributed by atoms with Crippen LogP contribution in [-0.2, 0) is 17.4 Å². The minimum atomic E-state index is -4.39. The Morgan fingerprint density at radius 3 is 2.72 bits per heavy atom. The summed E-state index contributed by atoms with van der Waals surface area (Å²) in [5.41, 5.74) is 6.11. The van der Waals surface area contributed by atoms with E-state index in [9.17, 15) is 18.0 Å². The van der Waals surface area contributed by atoms with E-state index in [-0.39, 0.29) is 18.4 Å². The standard InChI is InChI=1S/C17H18F3N3OS/c18-17(19,20)12-3-1-2-11(8-12)16-22-14(10-25-16)9-15(24)23-6-4-13(21)5-7-23/h1-3,8,10,13H,4-7,9,21H2. The second-order valence-corrected chi connectivity index (χ2v) is 6.98. The number of benzene rings is 1. The fraction of sp³-hybridized carbons (Fsp3) is 0.412. The van der Waals surface area contributed by atoms with Gasteiger partial charge in [0.25, 0.3) is 0 Å². The van der Waals surface area contributed by atoms with Crippen LogP contribution >= 0.6 is 11.3 Å². The molecule has 0 radical (unpaired) electrons. The molecule has 1 saturated heterocycles. The molecule has 1 amide bonds. The van der Waals surface area contributed by atoms with Gasteiger partial charge in [-0.3, -0.25) is 4.79 Å². The minimum Gasteiger partial charge on any atom is -0.342 e. The number of thiazole rings is 1. The first kappa shape index (κ1) is 17.9. The van der Waals surface area contributed by atoms with Gasteiger partial charge in [-0.05, 0) is 25.0 Å². The van der Waals surface area contributed by atoms with Gasteiger partial charge in [0.05, 0.1) is 17.7 Å². The van der Waals surface area contributed by atoms with Crippen LogP contribution in [0.15, 0.2) is 29.6 Å². The molecule has 2 N–H and O–H groups in total. The molecule has 25 heavy (non-hydrogen) atoms. The zero-order valence-corrected chi connectivity index (χ0v) is 14.2. The number of carbonyl (C=O) groups is 1. The van der Waals surface area contributed by atoms with Gasteiger partial charge in [-0.25, -0.2) is 4.98 Å². The summed E-state index contributed by atoms with van der Waals surface area (Å²) in [7, 11) is 0. The summed E-state index contributed by atoms with van der Waals surface area (Å²) in [6.45, 7) is 1.29. The fourth-order valence-corrected chi connectivity index (χ4v) is 3.58. The molecule has 0 spiro atoms. The zero-order valence-electron chi connectivity index (χ0n) is 13.4. The number of piperidine rings is 1. The van der Waals surface area contributed by atoms with Gasteiger partial charge in [0, 0.05) is 30.1 Å². The van der Waals surface area contributed by atoms with Crippen LogP contribution in [0.5, 0.6) is 0 Å². The van der Waals surface area contributed by atoms with Crippen LogP contribution in [0.25, 0.3) is 10.6 Å². The van der Waals surface area contributed by atoms with E-state index in [2.05, 4.69) is 4.98 Å². The van der Waals surface area contributed by atoms with E-state index in [4.69, 9.17) is 5.73 Å². The Bertz CT molecular complexity index is 752. The quantitative estimate of drug-likeness (QED) is 0.903. The lowest BCUT2D eigenvalue weighted by Crippen LogP contribution is -2.43. The monoisotopic (exact) mass is 369 g/mol. The second kappa shape index (κ2) is 7.13. The average molecular weight is 369 g/mol. The van der Waals surface area contributed by atoms with Crippen LogP contribution in [0.2, 0.25) is 0 Å². The normalized spacial score (nSPS) is 16.2. The van der Waals surface area contributed by atoms with Crippen molar-refractivity contribution < 1.29 is 18.0 Å². The number of aromatic nitrogens is 1. The summed E-state index contributed by atoms with van der Waals surface area (Å²) in [5.74, 6) is -0.0206. The number of amides is 1. The van der Waals surface area contributed by atoms with Crippen LogP contribution in [0, 0.1) is 0 Å².